The summed E-state index contributed by atoms with van der Waals surface area (Å²) in [5.74, 6) is 0.765. The number of fused-ring (bicyclic) bond motifs is 1. The van der Waals surface area contributed by atoms with Crippen molar-refractivity contribution in [1.82, 2.24) is 4.98 Å². The maximum atomic E-state index is 12.2. The molecule has 0 aliphatic heterocycles. The van der Waals surface area contributed by atoms with Gasteiger partial charge in [0.15, 0.2) is 5.13 Å². The molecular formula is C18H18N2O2S. The van der Waals surface area contributed by atoms with Crippen LogP contribution in [0.15, 0.2) is 36.4 Å². The number of thiazole rings is 1. The molecule has 0 saturated carbocycles. The minimum Gasteiger partial charge on any atom is -0.496 e. The average Bonchev–Trinajstić information content (AvgIpc) is 2.88. The smallest absolute Gasteiger partial charge is 0.230 e. The van der Waals surface area contributed by atoms with E-state index in [1.165, 1.54) is 16.9 Å². The lowest BCUT2D eigenvalue weighted by Crippen LogP contribution is -2.14. The summed E-state index contributed by atoms with van der Waals surface area (Å²) in [4.78, 5) is 16.7. The predicted octanol–water partition coefficient (Wildman–Crippen LogP) is 4.10. The van der Waals surface area contributed by atoms with Crippen LogP contribution < -0.4 is 10.1 Å². The summed E-state index contributed by atoms with van der Waals surface area (Å²) in [6, 6.07) is 11.8. The molecule has 0 bridgehead atoms. The van der Waals surface area contributed by atoms with Gasteiger partial charge in [-0.3, -0.25) is 4.79 Å². The fourth-order valence-electron chi connectivity index (χ4n) is 2.48. The number of hydrogen-bond acceptors (Lipinski definition) is 4. The third-order valence-corrected chi connectivity index (χ3v) is 4.55. The molecule has 0 fully saturated rings. The molecule has 0 aliphatic carbocycles. The number of aromatic nitrogens is 1. The third kappa shape index (κ3) is 3.51. The van der Waals surface area contributed by atoms with Gasteiger partial charge in [0.25, 0.3) is 0 Å². The van der Waals surface area contributed by atoms with E-state index >= 15 is 0 Å². The van der Waals surface area contributed by atoms with Crippen molar-refractivity contribution >= 4 is 32.6 Å². The fourth-order valence-corrected chi connectivity index (χ4v) is 3.46. The number of methoxy groups -OCH3 is 1. The Morgan fingerprint density at radius 3 is 2.78 bits per heavy atom. The summed E-state index contributed by atoms with van der Waals surface area (Å²) < 4.78 is 6.32. The Balaban J connectivity index is 1.71. The normalized spacial score (nSPS) is 10.7. The monoisotopic (exact) mass is 326 g/mol. The summed E-state index contributed by atoms with van der Waals surface area (Å²) in [6.07, 6.45) is 0.319. The Morgan fingerprint density at radius 1 is 1.22 bits per heavy atom. The largest absolute Gasteiger partial charge is 0.496 e. The third-order valence-electron chi connectivity index (χ3n) is 3.61. The number of rotatable bonds is 4. The molecular weight excluding hydrogens is 308 g/mol. The van der Waals surface area contributed by atoms with Gasteiger partial charge in [-0.15, -0.1) is 0 Å². The number of hydrogen-bond donors (Lipinski definition) is 1. The molecule has 2 aromatic carbocycles. The minimum atomic E-state index is -0.0645. The summed E-state index contributed by atoms with van der Waals surface area (Å²) >= 11 is 1.50. The van der Waals surface area contributed by atoms with E-state index in [1.807, 2.05) is 44.2 Å². The van der Waals surface area contributed by atoms with Crippen LogP contribution in [0.1, 0.15) is 16.7 Å². The van der Waals surface area contributed by atoms with Gasteiger partial charge < -0.3 is 10.1 Å². The molecule has 1 N–H and O–H groups in total. The molecule has 4 nitrogen and oxygen atoms in total. The minimum absolute atomic E-state index is 0.0645. The van der Waals surface area contributed by atoms with Gasteiger partial charge in [0.05, 0.1) is 23.7 Å². The molecule has 0 radical (unpaired) electrons. The molecule has 0 saturated heterocycles. The maximum Gasteiger partial charge on any atom is 0.230 e. The van der Waals surface area contributed by atoms with E-state index in [0.717, 1.165) is 27.1 Å². The number of amides is 1. The Bertz CT molecular complexity index is 871. The number of nitrogens with zero attached hydrogens (tertiary/aromatic N) is 1. The lowest BCUT2D eigenvalue weighted by molar-refractivity contribution is -0.115. The fraction of sp³-hybridized carbons (Fsp3) is 0.222. The highest BCUT2D eigenvalue weighted by molar-refractivity contribution is 7.22. The van der Waals surface area contributed by atoms with Crippen molar-refractivity contribution < 1.29 is 9.53 Å². The first kappa shape index (κ1) is 15.5. The SMILES string of the molecule is COc1ccc(CC(=O)Nc2nc3ccc(C)cc3s2)cc1C. The zero-order chi connectivity index (χ0) is 16.4. The van der Waals surface area contributed by atoms with E-state index < -0.39 is 0 Å². The van der Waals surface area contributed by atoms with Gasteiger partial charge in [-0.25, -0.2) is 4.98 Å². The number of aryl methyl sites for hydroxylation is 2. The van der Waals surface area contributed by atoms with Crippen molar-refractivity contribution in [1.29, 1.82) is 0 Å². The molecule has 0 unspecified atom stereocenters. The summed E-state index contributed by atoms with van der Waals surface area (Å²) in [7, 11) is 1.64. The van der Waals surface area contributed by atoms with Crippen LogP contribution in [0.5, 0.6) is 5.75 Å². The zero-order valence-electron chi connectivity index (χ0n) is 13.3. The van der Waals surface area contributed by atoms with E-state index in [0.29, 0.717) is 11.6 Å². The molecule has 23 heavy (non-hydrogen) atoms. The molecule has 118 valence electrons. The van der Waals surface area contributed by atoms with Crippen molar-refractivity contribution in [3.63, 3.8) is 0 Å². The Morgan fingerprint density at radius 2 is 2.04 bits per heavy atom. The maximum absolute atomic E-state index is 12.2. The van der Waals surface area contributed by atoms with Gasteiger partial charge in [0.2, 0.25) is 5.91 Å². The van der Waals surface area contributed by atoms with E-state index in [-0.39, 0.29) is 5.91 Å². The van der Waals surface area contributed by atoms with E-state index in [4.69, 9.17) is 4.74 Å². The van der Waals surface area contributed by atoms with Crippen molar-refractivity contribution in [2.45, 2.75) is 20.3 Å². The second kappa shape index (κ2) is 6.38. The van der Waals surface area contributed by atoms with Crippen LogP contribution in [0.3, 0.4) is 0 Å². The number of carbonyl (C=O) groups excluding carboxylic acids is 1. The van der Waals surface area contributed by atoms with Gasteiger partial charge in [-0.1, -0.05) is 29.5 Å². The first-order chi connectivity index (χ1) is 11.0. The molecule has 3 rings (SSSR count). The van der Waals surface area contributed by atoms with Gasteiger partial charge in [-0.05, 0) is 48.7 Å². The molecule has 0 atom stereocenters. The van der Waals surface area contributed by atoms with Crippen LogP contribution in [0.2, 0.25) is 0 Å². The van der Waals surface area contributed by atoms with E-state index in [9.17, 15) is 4.79 Å². The van der Waals surface area contributed by atoms with E-state index in [1.54, 1.807) is 7.11 Å². The topological polar surface area (TPSA) is 51.2 Å². The Labute approximate surface area is 139 Å². The van der Waals surface area contributed by atoms with Gasteiger partial charge in [0, 0.05) is 0 Å². The highest BCUT2D eigenvalue weighted by Crippen LogP contribution is 2.27. The molecule has 1 heterocycles. The molecule has 3 aromatic rings. The van der Waals surface area contributed by atoms with Gasteiger partial charge in [0.1, 0.15) is 5.75 Å². The molecule has 0 aliphatic rings. The number of nitrogens with one attached hydrogen (secondary N) is 1. The molecule has 0 spiro atoms. The van der Waals surface area contributed by atoms with Crippen LogP contribution in [0, 0.1) is 13.8 Å². The van der Waals surface area contributed by atoms with E-state index in [2.05, 4.69) is 16.4 Å². The number of ether oxygens (including phenoxy) is 1. The van der Waals surface area contributed by atoms with Crippen LogP contribution in [-0.4, -0.2) is 18.0 Å². The van der Waals surface area contributed by atoms with Crippen molar-refractivity contribution in [2.24, 2.45) is 0 Å². The van der Waals surface area contributed by atoms with Crippen molar-refractivity contribution in [3.05, 3.63) is 53.1 Å². The lowest BCUT2D eigenvalue weighted by Gasteiger charge is -2.07. The predicted molar refractivity (Wildman–Crippen MR) is 94.4 cm³/mol. The first-order valence-electron chi connectivity index (χ1n) is 7.36. The number of carbonyl (C=O) groups is 1. The van der Waals surface area contributed by atoms with Gasteiger partial charge >= 0.3 is 0 Å². The highest BCUT2D eigenvalue weighted by Gasteiger charge is 2.10. The molecule has 1 aromatic heterocycles. The average molecular weight is 326 g/mol. The standard InChI is InChI=1S/C18H18N2O2S/c1-11-4-6-14-16(8-11)23-18(19-14)20-17(21)10-13-5-7-15(22-3)12(2)9-13/h4-9H,10H2,1-3H3,(H,19,20,21). The van der Waals surface area contributed by atoms with Crippen molar-refractivity contribution in [2.75, 3.05) is 12.4 Å². The number of anilines is 1. The van der Waals surface area contributed by atoms with Crippen LogP contribution in [-0.2, 0) is 11.2 Å². The molecule has 1 amide bonds. The summed E-state index contributed by atoms with van der Waals surface area (Å²) in [6.45, 7) is 4.01. The zero-order valence-corrected chi connectivity index (χ0v) is 14.2. The van der Waals surface area contributed by atoms with Crippen LogP contribution in [0.4, 0.5) is 5.13 Å². The Hall–Kier alpha value is -2.40. The second-order valence-corrected chi connectivity index (χ2v) is 6.55. The molecule has 5 heteroatoms. The first-order valence-corrected chi connectivity index (χ1v) is 8.17. The van der Waals surface area contributed by atoms with Gasteiger partial charge in [-0.2, -0.15) is 0 Å². The summed E-state index contributed by atoms with van der Waals surface area (Å²) in [5.41, 5.74) is 4.08. The van der Waals surface area contributed by atoms with Crippen LogP contribution >= 0.6 is 11.3 Å². The quantitative estimate of drug-likeness (QED) is 0.785. The van der Waals surface area contributed by atoms with Crippen molar-refractivity contribution in [3.8, 4) is 5.75 Å². The second-order valence-electron chi connectivity index (χ2n) is 5.52. The van der Waals surface area contributed by atoms with Crippen LogP contribution in [0.25, 0.3) is 10.2 Å². The summed E-state index contributed by atoms with van der Waals surface area (Å²) in [5, 5.41) is 3.52. The lowest BCUT2D eigenvalue weighted by atomic mass is 10.1. The highest BCUT2D eigenvalue weighted by atomic mass is 32.1. The Kier molecular flexibility index (Phi) is 4.30. The number of benzene rings is 2.